The normalized spacial score (nSPS) is 12.8. The highest BCUT2D eigenvalue weighted by atomic mass is 35.5. The van der Waals surface area contributed by atoms with Crippen LogP contribution in [0.2, 0.25) is 5.02 Å². The molecule has 4 aromatic carbocycles. The Balaban J connectivity index is 1.05. The molecule has 1 aliphatic rings. The molecule has 0 unspecified atom stereocenters. The largest absolute Gasteiger partial charge is 0.244 e. The molecule has 0 amide bonds. The van der Waals surface area contributed by atoms with Crippen molar-refractivity contribution in [2.75, 3.05) is 0 Å². The second kappa shape index (κ2) is 12.6. The van der Waals surface area contributed by atoms with Crippen molar-refractivity contribution in [3.8, 4) is 45.6 Å². The Labute approximate surface area is 295 Å². The van der Waals surface area contributed by atoms with Crippen LogP contribution in [0.25, 0.3) is 67.4 Å². The van der Waals surface area contributed by atoms with Crippen LogP contribution in [-0.2, 0) is 6.42 Å². The van der Waals surface area contributed by atoms with Crippen LogP contribution in [0.5, 0.6) is 0 Å². The summed E-state index contributed by atoms with van der Waals surface area (Å²) in [6.45, 7) is 2.08. The first kappa shape index (κ1) is 30.2. The third-order valence-corrected chi connectivity index (χ3v) is 9.61. The van der Waals surface area contributed by atoms with Gasteiger partial charge in [0.2, 0.25) is 0 Å². The molecule has 0 aliphatic heterocycles. The second-order valence-corrected chi connectivity index (χ2v) is 13.4. The predicted molar refractivity (Wildman–Crippen MR) is 201 cm³/mol. The van der Waals surface area contributed by atoms with Gasteiger partial charge in [0.1, 0.15) is 11.4 Å². The molecule has 0 spiro atoms. The number of pyridine rings is 2. The standard InChI is InChI=1S/C43H31ClN6/c1-26-10-16-38(42-46-25-34-23-35(44)15-19-37(34)50-42)47-40(26)31-9-5-6-27(20-31)21-32-14-18-39(48-41(32)29-7-3-2-4-8-29)43-45-24-33-22-30(28-11-12-28)13-17-36(33)49-43/h2-10,13-20,22-25,28H,11-12,21H2,1H3. The summed E-state index contributed by atoms with van der Waals surface area (Å²) in [6, 6.07) is 39.3. The van der Waals surface area contributed by atoms with E-state index in [4.69, 9.17) is 36.5 Å². The maximum absolute atomic E-state index is 6.17. The van der Waals surface area contributed by atoms with E-state index >= 15 is 0 Å². The Hall–Kier alpha value is -5.85. The van der Waals surface area contributed by atoms with Crippen molar-refractivity contribution in [3.05, 3.63) is 155 Å². The lowest BCUT2D eigenvalue weighted by Gasteiger charge is -2.13. The number of aryl methyl sites for hydroxylation is 1. The van der Waals surface area contributed by atoms with Crippen molar-refractivity contribution >= 4 is 33.4 Å². The van der Waals surface area contributed by atoms with Crippen LogP contribution in [0.3, 0.4) is 0 Å². The Morgan fingerprint density at radius 3 is 2.04 bits per heavy atom. The van der Waals surface area contributed by atoms with Gasteiger partial charge in [-0.15, -0.1) is 0 Å². The van der Waals surface area contributed by atoms with E-state index in [1.807, 2.05) is 54.7 Å². The van der Waals surface area contributed by atoms with Crippen LogP contribution in [-0.4, -0.2) is 29.9 Å². The number of hydrogen-bond acceptors (Lipinski definition) is 6. The first-order valence-corrected chi connectivity index (χ1v) is 17.2. The lowest BCUT2D eigenvalue weighted by atomic mass is 9.96. The van der Waals surface area contributed by atoms with Gasteiger partial charge in [0, 0.05) is 39.3 Å². The number of halogens is 1. The fourth-order valence-electron chi connectivity index (χ4n) is 6.57. The third-order valence-electron chi connectivity index (χ3n) is 9.37. The second-order valence-electron chi connectivity index (χ2n) is 13.0. The zero-order valence-corrected chi connectivity index (χ0v) is 28.1. The summed E-state index contributed by atoms with van der Waals surface area (Å²) in [5.41, 5.74) is 11.9. The van der Waals surface area contributed by atoms with Crippen molar-refractivity contribution < 1.29 is 0 Å². The van der Waals surface area contributed by atoms with E-state index in [2.05, 4.69) is 78.6 Å². The Kier molecular flexibility index (Phi) is 7.59. The number of hydrogen-bond donors (Lipinski definition) is 0. The summed E-state index contributed by atoms with van der Waals surface area (Å²) < 4.78 is 0. The summed E-state index contributed by atoms with van der Waals surface area (Å²) >= 11 is 6.17. The van der Waals surface area contributed by atoms with Gasteiger partial charge in [0.25, 0.3) is 0 Å². The smallest absolute Gasteiger partial charge is 0.178 e. The summed E-state index contributed by atoms with van der Waals surface area (Å²) in [4.78, 5) is 29.3. The van der Waals surface area contributed by atoms with E-state index < -0.39 is 0 Å². The van der Waals surface area contributed by atoms with Crippen molar-refractivity contribution in [1.29, 1.82) is 0 Å². The average Bonchev–Trinajstić information content (AvgIpc) is 4.01. The third kappa shape index (κ3) is 5.99. The first-order valence-electron chi connectivity index (χ1n) is 16.9. The molecule has 50 heavy (non-hydrogen) atoms. The Bertz CT molecular complexity index is 2560. The van der Waals surface area contributed by atoms with Gasteiger partial charge in [-0.3, -0.25) is 0 Å². The molecule has 6 nitrogen and oxygen atoms in total. The van der Waals surface area contributed by atoms with Crippen LogP contribution in [0.4, 0.5) is 0 Å². The van der Waals surface area contributed by atoms with Crippen molar-refractivity contribution in [2.24, 2.45) is 0 Å². The number of nitrogens with zero attached hydrogens (tertiary/aromatic N) is 6. The minimum Gasteiger partial charge on any atom is -0.244 e. The highest BCUT2D eigenvalue weighted by molar-refractivity contribution is 6.31. The molecule has 1 fully saturated rings. The molecule has 240 valence electrons. The van der Waals surface area contributed by atoms with Gasteiger partial charge in [0.15, 0.2) is 11.6 Å². The molecule has 0 atom stereocenters. The van der Waals surface area contributed by atoms with Gasteiger partial charge in [-0.05, 0) is 103 Å². The van der Waals surface area contributed by atoms with Gasteiger partial charge in [-0.2, -0.15) is 0 Å². The molecule has 9 rings (SSSR count). The van der Waals surface area contributed by atoms with Gasteiger partial charge < -0.3 is 0 Å². The molecule has 7 heteroatoms. The van der Waals surface area contributed by atoms with Crippen LogP contribution in [0, 0.1) is 6.92 Å². The SMILES string of the molecule is Cc1ccc(-c2ncc3cc(Cl)ccc3n2)nc1-c1cccc(Cc2ccc(-c3ncc4cc(C5CC5)ccc4n3)nc2-c2ccccc2)c1. The quantitative estimate of drug-likeness (QED) is 0.168. The molecule has 4 heterocycles. The monoisotopic (exact) mass is 666 g/mol. The zero-order chi connectivity index (χ0) is 33.6. The maximum atomic E-state index is 6.17. The molecule has 0 bridgehead atoms. The average molecular weight is 667 g/mol. The summed E-state index contributed by atoms with van der Waals surface area (Å²) in [6.07, 6.45) is 6.97. The van der Waals surface area contributed by atoms with E-state index in [0.29, 0.717) is 29.0 Å². The highest BCUT2D eigenvalue weighted by Crippen LogP contribution is 2.41. The Morgan fingerprint density at radius 2 is 1.28 bits per heavy atom. The molecule has 0 N–H and O–H groups in total. The Morgan fingerprint density at radius 1 is 0.600 bits per heavy atom. The lowest BCUT2D eigenvalue weighted by Crippen LogP contribution is -2.00. The molecule has 1 aliphatic carbocycles. The van der Waals surface area contributed by atoms with Crippen LogP contribution in [0.1, 0.15) is 41.0 Å². The summed E-state index contributed by atoms with van der Waals surface area (Å²) in [7, 11) is 0. The minimum absolute atomic E-state index is 0.578. The molecule has 4 aromatic heterocycles. The first-order chi connectivity index (χ1) is 24.5. The maximum Gasteiger partial charge on any atom is 0.178 e. The van der Waals surface area contributed by atoms with Gasteiger partial charge in [-0.25, -0.2) is 29.9 Å². The number of fused-ring (bicyclic) bond motifs is 2. The lowest BCUT2D eigenvalue weighted by molar-refractivity contribution is 1.12. The van der Waals surface area contributed by atoms with Crippen LogP contribution in [0.15, 0.2) is 128 Å². The summed E-state index contributed by atoms with van der Waals surface area (Å²) in [5, 5.41) is 2.63. The van der Waals surface area contributed by atoms with Crippen molar-refractivity contribution in [1.82, 2.24) is 29.9 Å². The van der Waals surface area contributed by atoms with Gasteiger partial charge in [-0.1, -0.05) is 78.3 Å². The fourth-order valence-corrected chi connectivity index (χ4v) is 6.75. The van der Waals surface area contributed by atoms with Crippen LogP contribution < -0.4 is 0 Å². The molecular weight excluding hydrogens is 636 g/mol. The molecule has 1 saturated carbocycles. The predicted octanol–water partition coefficient (Wildman–Crippen LogP) is 10.5. The summed E-state index contributed by atoms with van der Waals surface area (Å²) in [5.74, 6) is 1.90. The van der Waals surface area contributed by atoms with Crippen molar-refractivity contribution in [3.63, 3.8) is 0 Å². The van der Waals surface area contributed by atoms with Gasteiger partial charge in [0.05, 0.1) is 22.4 Å². The minimum atomic E-state index is 0.578. The topological polar surface area (TPSA) is 77.3 Å². The van der Waals surface area contributed by atoms with Gasteiger partial charge >= 0.3 is 0 Å². The van der Waals surface area contributed by atoms with E-state index in [-0.39, 0.29) is 0 Å². The molecular formula is C43H31ClN6. The molecule has 8 aromatic rings. The molecule has 0 radical (unpaired) electrons. The van der Waals surface area contributed by atoms with E-state index in [1.165, 1.54) is 18.4 Å². The van der Waals surface area contributed by atoms with E-state index in [1.54, 1.807) is 6.20 Å². The highest BCUT2D eigenvalue weighted by Gasteiger charge is 2.23. The number of rotatable bonds is 7. The van der Waals surface area contributed by atoms with Crippen molar-refractivity contribution in [2.45, 2.75) is 32.1 Å². The zero-order valence-electron chi connectivity index (χ0n) is 27.4. The number of benzene rings is 4. The molecule has 0 saturated heterocycles. The van der Waals surface area contributed by atoms with E-state index in [9.17, 15) is 0 Å². The van der Waals surface area contributed by atoms with Crippen LogP contribution >= 0.6 is 11.6 Å². The fraction of sp³-hybridized carbons (Fsp3) is 0.116. The number of aromatic nitrogens is 6. The van der Waals surface area contributed by atoms with E-state index in [0.717, 1.165) is 72.4 Å².